The topological polar surface area (TPSA) is 77.8 Å². The number of oxazole rings is 1. The molecule has 0 aliphatic heterocycles. The normalized spacial score (nSPS) is 11.7. The van der Waals surface area contributed by atoms with Crippen LogP contribution in [0.4, 0.5) is 0 Å². The van der Waals surface area contributed by atoms with Crippen LogP contribution in [-0.4, -0.2) is 19.9 Å². The number of hydrogen-bond donors (Lipinski definition) is 0. The highest BCUT2D eigenvalue weighted by atomic mass is 16.4. The molecule has 0 aliphatic carbocycles. The lowest BCUT2D eigenvalue weighted by atomic mass is 9.95. The minimum Gasteiger partial charge on any atom is -0.456 e. The van der Waals surface area contributed by atoms with Crippen molar-refractivity contribution < 1.29 is 8.83 Å². The van der Waals surface area contributed by atoms with E-state index in [-0.39, 0.29) is 0 Å². The van der Waals surface area contributed by atoms with Crippen LogP contribution in [0.2, 0.25) is 0 Å². The summed E-state index contributed by atoms with van der Waals surface area (Å²) in [5.74, 6) is 2.28. The summed E-state index contributed by atoms with van der Waals surface area (Å²) in [6, 6.07) is 57.8. The van der Waals surface area contributed by atoms with Crippen LogP contribution in [0.25, 0.3) is 111 Å². The zero-order valence-electron chi connectivity index (χ0n) is 28.8. The zero-order chi connectivity index (χ0) is 35.6. The minimum atomic E-state index is 0.547. The number of nitrogens with zero attached hydrogens (tertiary/aromatic N) is 4. The van der Waals surface area contributed by atoms with Gasteiger partial charge in [-0.2, -0.15) is 0 Å². The number of rotatable bonds is 5. The molecule has 0 aliphatic rings. The van der Waals surface area contributed by atoms with Crippen LogP contribution in [0, 0.1) is 0 Å². The summed E-state index contributed by atoms with van der Waals surface area (Å²) >= 11 is 0. The predicted octanol–water partition coefficient (Wildman–Crippen LogP) is 12.6. The van der Waals surface area contributed by atoms with Crippen LogP contribution >= 0.6 is 0 Å². The van der Waals surface area contributed by atoms with Crippen molar-refractivity contribution in [1.82, 2.24) is 19.9 Å². The zero-order valence-corrected chi connectivity index (χ0v) is 28.8. The smallest absolute Gasteiger partial charge is 0.227 e. The fourth-order valence-electron chi connectivity index (χ4n) is 7.49. The van der Waals surface area contributed by atoms with Crippen LogP contribution in [-0.2, 0) is 0 Å². The predicted molar refractivity (Wildman–Crippen MR) is 217 cm³/mol. The highest BCUT2D eigenvalue weighted by Crippen LogP contribution is 2.40. The Labute approximate surface area is 309 Å². The lowest BCUT2D eigenvalue weighted by molar-refractivity contribution is 0.620. The molecular formula is C48H28N4O2. The van der Waals surface area contributed by atoms with E-state index in [1.54, 1.807) is 0 Å². The van der Waals surface area contributed by atoms with Gasteiger partial charge in [0.05, 0.1) is 0 Å². The first kappa shape index (κ1) is 30.2. The first-order valence-electron chi connectivity index (χ1n) is 17.9. The third kappa shape index (κ3) is 5.04. The second-order valence-electron chi connectivity index (χ2n) is 13.5. The van der Waals surface area contributed by atoms with Gasteiger partial charge in [-0.15, -0.1) is 0 Å². The number of hydrogen-bond acceptors (Lipinski definition) is 6. The van der Waals surface area contributed by atoms with E-state index in [1.807, 2.05) is 60.7 Å². The Balaban J connectivity index is 1.17. The van der Waals surface area contributed by atoms with E-state index in [0.717, 1.165) is 76.8 Å². The number of aromatic nitrogens is 4. The Morgan fingerprint density at radius 1 is 0.333 bits per heavy atom. The molecule has 0 radical (unpaired) electrons. The maximum absolute atomic E-state index is 6.49. The van der Waals surface area contributed by atoms with Crippen LogP contribution < -0.4 is 0 Å². The molecule has 6 nitrogen and oxygen atoms in total. The summed E-state index contributed by atoms with van der Waals surface area (Å²) in [5, 5.41) is 6.32. The molecule has 0 unspecified atom stereocenters. The Morgan fingerprint density at radius 2 is 0.963 bits per heavy atom. The second-order valence-corrected chi connectivity index (χ2v) is 13.5. The van der Waals surface area contributed by atoms with Gasteiger partial charge in [-0.1, -0.05) is 121 Å². The van der Waals surface area contributed by atoms with E-state index in [2.05, 4.69) is 109 Å². The molecule has 0 amide bonds. The average Bonchev–Trinajstić information content (AvgIpc) is 3.83. The van der Waals surface area contributed by atoms with Gasteiger partial charge in [-0.3, -0.25) is 0 Å². The van der Waals surface area contributed by atoms with Gasteiger partial charge in [0.1, 0.15) is 16.7 Å². The SMILES string of the molecule is c1ccc(-c2nc3cc4oc5cccc(-c6nc(-c7ccc8ccccc8c7)nc(-c7cc8ccccc8cc7-c7ccccc7)n6)c5c4cc3o2)cc1. The molecule has 6 heteroatoms. The monoisotopic (exact) mass is 692 g/mol. The molecule has 3 aromatic heterocycles. The van der Waals surface area contributed by atoms with Gasteiger partial charge in [-0.05, 0) is 75.1 Å². The molecule has 0 atom stereocenters. The van der Waals surface area contributed by atoms with Crippen LogP contribution in [0.1, 0.15) is 0 Å². The quantitative estimate of drug-likeness (QED) is 0.179. The molecule has 0 spiro atoms. The van der Waals surface area contributed by atoms with Gasteiger partial charge in [0.15, 0.2) is 23.1 Å². The molecule has 54 heavy (non-hydrogen) atoms. The fourth-order valence-corrected chi connectivity index (χ4v) is 7.49. The Bertz CT molecular complexity index is 3220. The third-order valence-corrected chi connectivity index (χ3v) is 10.1. The Hall–Kier alpha value is -7.44. The summed E-state index contributed by atoms with van der Waals surface area (Å²) in [6.45, 7) is 0. The van der Waals surface area contributed by atoms with Crippen molar-refractivity contribution in [2.24, 2.45) is 0 Å². The number of furan rings is 1. The van der Waals surface area contributed by atoms with E-state index in [9.17, 15) is 0 Å². The molecule has 0 N–H and O–H groups in total. The molecule has 0 saturated carbocycles. The van der Waals surface area contributed by atoms with Gasteiger partial charge < -0.3 is 8.83 Å². The molecule has 11 rings (SSSR count). The average molecular weight is 693 g/mol. The second kappa shape index (κ2) is 12.1. The van der Waals surface area contributed by atoms with Gasteiger partial charge in [0.25, 0.3) is 0 Å². The summed E-state index contributed by atoms with van der Waals surface area (Å²) in [6.07, 6.45) is 0. The largest absolute Gasteiger partial charge is 0.456 e. The van der Waals surface area contributed by atoms with Gasteiger partial charge in [-0.25, -0.2) is 19.9 Å². The molecule has 252 valence electrons. The number of benzene rings is 8. The lowest BCUT2D eigenvalue weighted by Crippen LogP contribution is -2.01. The summed E-state index contributed by atoms with van der Waals surface area (Å²) in [5.41, 5.74) is 8.55. The van der Waals surface area contributed by atoms with E-state index >= 15 is 0 Å². The highest BCUT2D eigenvalue weighted by Gasteiger charge is 2.21. The van der Waals surface area contributed by atoms with Gasteiger partial charge in [0.2, 0.25) is 5.89 Å². The fraction of sp³-hybridized carbons (Fsp3) is 0. The van der Waals surface area contributed by atoms with Crippen molar-refractivity contribution in [3.63, 3.8) is 0 Å². The number of fused-ring (bicyclic) bond motifs is 6. The standard InChI is InChI=1S/C48H28N4O2/c1-3-13-30(14-4-1)37-25-33-18-9-10-19-34(33)26-38(37)47-51-45(35-23-22-29-12-7-8-17-32(29)24-35)50-46(52-47)36-20-11-21-41-44(36)39-27-43-40(28-42(39)53-41)49-48(54-43)31-15-5-2-6-16-31/h1-28H. The Morgan fingerprint density at radius 3 is 1.72 bits per heavy atom. The van der Waals surface area contributed by atoms with Crippen molar-refractivity contribution in [2.75, 3.05) is 0 Å². The maximum Gasteiger partial charge on any atom is 0.227 e. The van der Waals surface area contributed by atoms with E-state index in [1.165, 1.54) is 0 Å². The summed E-state index contributed by atoms with van der Waals surface area (Å²) in [4.78, 5) is 20.5. The van der Waals surface area contributed by atoms with Crippen molar-refractivity contribution in [1.29, 1.82) is 0 Å². The van der Waals surface area contributed by atoms with Crippen LogP contribution in [0.3, 0.4) is 0 Å². The first-order valence-corrected chi connectivity index (χ1v) is 17.9. The molecule has 3 heterocycles. The van der Waals surface area contributed by atoms with Crippen LogP contribution in [0.5, 0.6) is 0 Å². The summed E-state index contributed by atoms with van der Waals surface area (Å²) < 4.78 is 12.8. The molecule has 8 aromatic carbocycles. The van der Waals surface area contributed by atoms with Crippen molar-refractivity contribution >= 4 is 54.6 Å². The maximum atomic E-state index is 6.49. The van der Waals surface area contributed by atoms with E-state index in [0.29, 0.717) is 34.5 Å². The molecule has 0 saturated heterocycles. The summed E-state index contributed by atoms with van der Waals surface area (Å²) in [7, 11) is 0. The lowest BCUT2D eigenvalue weighted by Gasteiger charge is -2.14. The van der Waals surface area contributed by atoms with E-state index < -0.39 is 0 Å². The minimum absolute atomic E-state index is 0.547. The first-order chi connectivity index (χ1) is 26.7. The molecule has 0 fully saturated rings. The molecule has 0 bridgehead atoms. The van der Waals surface area contributed by atoms with Crippen LogP contribution in [0.15, 0.2) is 179 Å². The van der Waals surface area contributed by atoms with E-state index in [4.69, 9.17) is 28.8 Å². The molecule has 11 aromatic rings. The van der Waals surface area contributed by atoms with Gasteiger partial charge in [0, 0.05) is 39.1 Å². The Kier molecular flexibility index (Phi) is 6.75. The highest BCUT2D eigenvalue weighted by molar-refractivity contribution is 6.14. The van der Waals surface area contributed by atoms with Crippen molar-refractivity contribution in [3.8, 4) is 56.7 Å². The van der Waals surface area contributed by atoms with Crippen molar-refractivity contribution in [2.45, 2.75) is 0 Å². The van der Waals surface area contributed by atoms with Gasteiger partial charge >= 0.3 is 0 Å². The third-order valence-electron chi connectivity index (χ3n) is 10.1. The molecular weight excluding hydrogens is 665 g/mol. The van der Waals surface area contributed by atoms with Crippen molar-refractivity contribution in [3.05, 3.63) is 170 Å².